The van der Waals surface area contributed by atoms with Crippen LogP contribution >= 0.6 is 0 Å². The van der Waals surface area contributed by atoms with Gasteiger partial charge in [-0.25, -0.2) is 4.79 Å². The molecule has 0 heterocycles. The Morgan fingerprint density at radius 3 is 1.42 bits per heavy atom. The SMILES string of the molecule is CCCCCCC(COC(=O)OCC(CCCCCC)OCC)OCC. The first kappa shape index (κ1) is 25.2. The standard InChI is InChI=1S/C21H42O5/c1-5-9-11-13-15-19(23-7-3)17-25-21(22)26-18-20(24-8-4)16-14-12-10-6-2/h19-20H,5-18H2,1-4H3. The van der Waals surface area contributed by atoms with Crippen molar-refractivity contribution < 1.29 is 23.7 Å². The minimum Gasteiger partial charge on any atom is -0.432 e. The summed E-state index contributed by atoms with van der Waals surface area (Å²) in [5.41, 5.74) is 0. The molecule has 0 bridgehead atoms. The normalized spacial score (nSPS) is 13.4. The summed E-state index contributed by atoms with van der Waals surface area (Å²) in [6.07, 6.45) is 10.6. The van der Waals surface area contributed by atoms with Crippen molar-refractivity contribution in [3.8, 4) is 0 Å². The van der Waals surface area contributed by atoms with Gasteiger partial charge >= 0.3 is 6.16 Å². The molecule has 0 aromatic heterocycles. The van der Waals surface area contributed by atoms with E-state index in [1.807, 2.05) is 13.8 Å². The van der Waals surface area contributed by atoms with Crippen LogP contribution in [0, 0.1) is 0 Å². The summed E-state index contributed by atoms with van der Waals surface area (Å²) in [7, 11) is 0. The fourth-order valence-electron chi connectivity index (χ4n) is 2.86. The lowest BCUT2D eigenvalue weighted by Crippen LogP contribution is -2.26. The van der Waals surface area contributed by atoms with E-state index in [4.69, 9.17) is 18.9 Å². The van der Waals surface area contributed by atoms with Gasteiger partial charge in [0.25, 0.3) is 0 Å². The first-order valence-corrected chi connectivity index (χ1v) is 10.7. The zero-order chi connectivity index (χ0) is 19.5. The van der Waals surface area contributed by atoms with Crippen molar-refractivity contribution in [2.24, 2.45) is 0 Å². The third-order valence-electron chi connectivity index (χ3n) is 4.34. The number of hydrogen-bond acceptors (Lipinski definition) is 5. The molecule has 0 spiro atoms. The summed E-state index contributed by atoms with van der Waals surface area (Å²) in [5.74, 6) is 0. The number of ether oxygens (including phenoxy) is 4. The van der Waals surface area contributed by atoms with Gasteiger partial charge < -0.3 is 18.9 Å². The summed E-state index contributed by atoms with van der Waals surface area (Å²) in [4.78, 5) is 11.9. The minimum atomic E-state index is -0.624. The van der Waals surface area contributed by atoms with E-state index in [2.05, 4.69) is 13.8 Å². The van der Waals surface area contributed by atoms with Gasteiger partial charge in [0.05, 0.1) is 12.2 Å². The van der Waals surface area contributed by atoms with E-state index in [0.717, 1.165) is 25.7 Å². The van der Waals surface area contributed by atoms with Gasteiger partial charge in [-0.2, -0.15) is 0 Å². The molecule has 0 saturated carbocycles. The highest BCUT2D eigenvalue weighted by molar-refractivity contribution is 5.59. The molecular weight excluding hydrogens is 332 g/mol. The molecule has 5 heteroatoms. The van der Waals surface area contributed by atoms with E-state index < -0.39 is 6.16 Å². The Morgan fingerprint density at radius 1 is 0.654 bits per heavy atom. The second kappa shape index (κ2) is 19.0. The number of hydrogen-bond donors (Lipinski definition) is 0. The molecule has 0 aromatic rings. The van der Waals surface area contributed by atoms with Crippen LogP contribution in [0.15, 0.2) is 0 Å². The minimum absolute atomic E-state index is 0.0406. The zero-order valence-corrected chi connectivity index (χ0v) is 17.6. The van der Waals surface area contributed by atoms with Crippen molar-refractivity contribution in [1.82, 2.24) is 0 Å². The molecule has 0 aromatic carbocycles. The van der Waals surface area contributed by atoms with Crippen molar-refractivity contribution in [2.75, 3.05) is 26.4 Å². The van der Waals surface area contributed by atoms with Crippen molar-refractivity contribution in [2.45, 2.75) is 104 Å². The summed E-state index contributed by atoms with van der Waals surface area (Å²) in [6.45, 7) is 10.1. The smallest absolute Gasteiger partial charge is 0.432 e. The summed E-state index contributed by atoms with van der Waals surface area (Å²) >= 11 is 0. The maximum atomic E-state index is 11.9. The highest BCUT2D eigenvalue weighted by Crippen LogP contribution is 2.11. The zero-order valence-electron chi connectivity index (χ0n) is 17.6. The number of unbranched alkanes of at least 4 members (excludes halogenated alkanes) is 6. The van der Waals surface area contributed by atoms with Crippen molar-refractivity contribution in [3.63, 3.8) is 0 Å². The lowest BCUT2D eigenvalue weighted by molar-refractivity contribution is -0.0384. The van der Waals surface area contributed by atoms with E-state index in [9.17, 15) is 4.79 Å². The van der Waals surface area contributed by atoms with Crippen LogP contribution in [0.4, 0.5) is 4.79 Å². The van der Waals surface area contributed by atoms with Crippen molar-refractivity contribution in [3.05, 3.63) is 0 Å². The van der Waals surface area contributed by atoms with Gasteiger partial charge in [0, 0.05) is 13.2 Å². The monoisotopic (exact) mass is 374 g/mol. The van der Waals surface area contributed by atoms with Crippen LogP contribution in [0.3, 0.4) is 0 Å². The van der Waals surface area contributed by atoms with Crippen molar-refractivity contribution in [1.29, 1.82) is 0 Å². The highest BCUT2D eigenvalue weighted by Gasteiger charge is 2.15. The molecule has 0 aliphatic carbocycles. The maximum Gasteiger partial charge on any atom is 0.508 e. The first-order chi connectivity index (χ1) is 12.7. The molecule has 0 N–H and O–H groups in total. The van der Waals surface area contributed by atoms with Crippen LogP contribution in [0.1, 0.15) is 91.9 Å². The Morgan fingerprint density at radius 2 is 1.08 bits per heavy atom. The number of rotatable bonds is 18. The van der Waals surface area contributed by atoms with Gasteiger partial charge in [0.1, 0.15) is 13.2 Å². The number of carbonyl (C=O) groups excluding carboxylic acids is 1. The first-order valence-electron chi connectivity index (χ1n) is 10.7. The van der Waals surface area contributed by atoms with Crippen LogP contribution in [0.2, 0.25) is 0 Å². The van der Waals surface area contributed by atoms with Gasteiger partial charge in [0.2, 0.25) is 0 Å². The van der Waals surface area contributed by atoms with E-state index >= 15 is 0 Å². The van der Waals surface area contributed by atoms with Crippen LogP contribution < -0.4 is 0 Å². The number of carbonyl (C=O) groups is 1. The molecule has 0 saturated heterocycles. The molecule has 0 amide bonds. The predicted octanol–water partition coefficient (Wildman–Crippen LogP) is 5.89. The van der Waals surface area contributed by atoms with Crippen LogP contribution in [0.5, 0.6) is 0 Å². The average Bonchev–Trinajstić information content (AvgIpc) is 2.64. The molecule has 0 aliphatic rings. The molecule has 156 valence electrons. The van der Waals surface area contributed by atoms with Gasteiger partial charge in [-0.05, 0) is 26.7 Å². The van der Waals surface area contributed by atoms with Gasteiger partial charge in [-0.15, -0.1) is 0 Å². The quantitative estimate of drug-likeness (QED) is 0.221. The Hall–Kier alpha value is -0.810. The molecule has 26 heavy (non-hydrogen) atoms. The highest BCUT2D eigenvalue weighted by atomic mass is 16.7. The Kier molecular flexibility index (Phi) is 18.4. The molecule has 0 fully saturated rings. The second-order valence-corrected chi connectivity index (χ2v) is 6.73. The van der Waals surface area contributed by atoms with Crippen molar-refractivity contribution >= 4 is 6.16 Å². The maximum absolute atomic E-state index is 11.9. The fourth-order valence-corrected chi connectivity index (χ4v) is 2.86. The van der Waals surface area contributed by atoms with Crippen LogP contribution in [-0.2, 0) is 18.9 Å². The lowest BCUT2D eigenvalue weighted by Gasteiger charge is -2.19. The van der Waals surface area contributed by atoms with Gasteiger partial charge in [-0.1, -0.05) is 65.2 Å². The third-order valence-corrected chi connectivity index (χ3v) is 4.34. The predicted molar refractivity (Wildman–Crippen MR) is 106 cm³/mol. The third kappa shape index (κ3) is 15.4. The Balaban J connectivity index is 4.01. The largest absolute Gasteiger partial charge is 0.508 e. The molecule has 0 aliphatic heterocycles. The molecule has 2 atom stereocenters. The molecule has 2 unspecified atom stereocenters. The summed E-state index contributed by atoms with van der Waals surface area (Å²) < 4.78 is 21.8. The topological polar surface area (TPSA) is 54.0 Å². The van der Waals surface area contributed by atoms with Crippen LogP contribution in [-0.4, -0.2) is 44.8 Å². The van der Waals surface area contributed by atoms with E-state index in [1.165, 1.54) is 38.5 Å². The Bertz CT molecular complexity index is 281. The average molecular weight is 375 g/mol. The molecule has 0 rings (SSSR count). The van der Waals surface area contributed by atoms with Gasteiger partial charge in [0.15, 0.2) is 0 Å². The lowest BCUT2D eigenvalue weighted by atomic mass is 10.1. The van der Waals surface area contributed by atoms with Gasteiger partial charge in [-0.3, -0.25) is 0 Å². The van der Waals surface area contributed by atoms with E-state index in [1.54, 1.807) is 0 Å². The molecule has 5 nitrogen and oxygen atoms in total. The van der Waals surface area contributed by atoms with Crippen LogP contribution in [0.25, 0.3) is 0 Å². The van der Waals surface area contributed by atoms with E-state index in [-0.39, 0.29) is 25.4 Å². The summed E-state index contributed by atoms with van der Waals surface area (Å²) in [5, 5.41) is 0. The summed E-state index contributed by atoms with van der Waals surface area (Å²) in [6, 6.07) is 0. The Labute approximate surface area is 161 Å². The second-order valence-electron chi connectivity index (χ2n) is 6.73. The van der Waals surface area contributed by atoms with E-state index in [0.29, 0.717) is 13.2 Å². The fraction of sp³-hybridized carbons (Fsp3) is 0.952. The molecule has 0 radical (unpaired) electrons. The molecular formula is C21H42O5.